The highest BCUT2D eigenvalue weighted by atomic mass is 31.1. The topological polar surface area (TPSA) is 105 Å². The van der Waals surface area contributed by atoms with E-state index in [1.165, 1.54) is 0 Å². The van der Waals surface area contributed by atoms with Gasteiger partial charge in [0.25, 0.3) is 0 Å². The van der Waals surface area contributed by atoms with Gasteiger partial charge in [0, 0.05) is 53.7 Å². The van der Waals surface area contributed by atoms with Gasteiger partial charge in [0.2, 0.25) is 0 Å². The van der Waals surface area contributed by atoms with Crippen LogP contribution in [0.15, 0.2) is 0 Å². The first-order valence-electron chi connectivity index (χ1n) is 6.87. The molecule has 1 aliphatic heterocycles. The molecule has 1 saturated heterocycles. The maximum atomic E-state index is 10.9. The lowest BCUT2D eigenvalue weighted by Gasteiger charge is -2.25. The van der Waals surface area contributed by atoms with Gasteiger partial charge in [-0.1, -0.05) is 0 Å². The van der Waals surface area contributed by atoms with Gasteiger partial charge in [-0.05, 0) is 6.66 Å². The minimum atomic E-state index is -1.06. The molecule has 1 fully saturated rings. The molecule has 21 heavy (non-hydrogen) atoms. The highest BCUT2D eigenvalue weighted by Gasteiger charge is 2.19. The summed E-state index contributed by atoms with van der Waals surface area (Å²) in [5, 5.41) is 17.8. The second-order valence-corrected chi connectivity index (χ2v) is 6.86. The van der Waals surface area contributed by atoms with E-state index in [2.05, 4.69) is 4.90 Å². The van der Waals surface area contributed by atoms with E-state index in [0.717, 1.165) is 0 Å². The van der Waals surface area contributed by atoms with Crippen LogP contribution in [-0.2, 0) is 9.59 Å². The van der Waals surface area contributed by atoms with Gasteiger partial charge >= 0.3 is 11.9 Å². The number of nitrogens with zero attached hydrogens (tertiary/aromatic N) is 3. The SMILES string of the molecule is CP(O)CN1CCN(CC(=O)O)CCN(CC(=O)O)CC1. The molecule has 0 aromatic heterocycles. The lowest BCUT2D eigenvalue weighted by molar-refractivity contribution is -0.140. The highest BCUT2D eigenvalue weighted by molar-refractivity contribution is 7.50. The fourth-order valence-corrected chi connectivity index (χ4v) is 3.18. The van der Waals surface area contributed by atoms with Crippen molar-refractivity contribution in [3.05, 3.63) is 0 Å². The summed E-state index contributed by atoms with van der Waals surface area (Å²) in [6, 6.07) is 0. The van der Waals surface area contributed by atoms with E-state index in [-0.39, 0.29) is 13.1 Å². The van der Waals surface area contributed by atoms with Crippen molar-refractivity contribution in [3.8, 4) is 0 Å². The number of rotatable bonds is 6. The van der Waals surface area contributed by atoms with Crippen LogP contribution in [0, 0.1) is 0 Å². The Morgan fingerprint density at radius 2 is 1.19 bits per heavy atom. The number of carboxylic acids is 2. The minimum Gasteiger partial charge on any atom is -0.480 e. The van der Waals surface area contributed by atoms with Crippen LogP contribution >= 0.6 is 8.15 Å². The van der Waals surface area contributed by atoms with Crippen LogP contribution in [0.2, 0.25) is 0 Å². The number of carboxylic acid groups (broad SMARTS) is 2. The molecule has 3 N–H and O–H groups in total. The largest absolute Gasteiger partial charge is 0.480 e. The Balaban J connectivity index is 2.66. The first kappa shape index (κ1) is 18.3. The molecule has 9 heteroatoms. The number of aliphatic carboxylic acids is 2. The second-order valence-electron chi connectivity index (χ2n) is 5.26. The van der Waals surface area contributed by atoms with E-state index in [1.807, 2.05) is 9.80 Å². The normalized spacial score (nSPS) is 21.2. The Hall–Kier alpha value is -0.790. The third-order valence-electron chi connectivity index (χ3n) is 3.32. The van der Waals surface area contributed by atoms with Gasteiger partial charge in [0.05, 0.1) is 13.1 Å². The van der Waals surface area contributed by atoms with Crippen LogP contribution in [0.25, 0.3) is 0 Å². The zero-order valence-corrected chi connectivity index (χ0v) is 13.2. The minimum absolute atomic E-state index is 0.0469. The molecular formula is C12H24N3O5P. The molecule has 0 aromatic carbocycles. The van der Waals surface area contributed by atoms with Crippen molar-refractivity contribution in [3.63, 3.8) is 0 Å². The van der Waals surface area contributed by atoms with Crippen LogP contribution in [0.3, 0.4) is 0 Å². The number of hydrogen-bond donors (Lipinski definition) is 3. The second kappa shape index (κ2) is 9.27. The fraction of sp³-hybridized carbons (Fsp3) is 0.833. The summed E-state index contributed by atoms with van der Waals surface area (Å²) in [6.45, 7) is 5.33. The fourth-order valence-electron chi connectivity index (χ4n) is 2.31. The van der Waals surface area contributed by atoms with E-state index in [4.69, 9.17) is 10.2 Å². The van der Waals surface area contributed by atoms with Crippen molar-refractivity contribution >= 4 is 20.1 Å². The molecule has 0 spiro atoms. The molecule has 0 saturated carbocycles. The molecule has 1 atom stereocenters. The molecule has 1 aliphatic rings. The van der Waals surface area contributed by atoms with Crippen LogP contribution < -0.4 is 0 Å². The Labute approximate surface area is 125 Å². The smallest absolute Gasteiger partial charge is 0.317 e. The van der Waals surface area contributed by atoms with Crippen molar-refractivity contribution in [2.24, 2.45) is 0 Å². The molecule has 0 radical (unpaired) electrons. The van der Waals surface area contributed by atoms with Crippen molar-refractivity contribution in [1.29, 1.82) is 0 Å². The lowest BCUT2D eigenvalue weighted by atomic mass is 10.4. The Morgan fingerprint density at radius 1 is 0.857 bits per heavy atom. The van der Waals surface area contributed by atoms with Crippen molar-refractivity contribution in [2.45, 2.75) is 0 Å². The average molecular weight is 321 g/mol. The maximum Gasteiger partial charge on any atom is 0.317 e. The van der Waals surface area contributed by atoms with E-state index in [1.54, 1.807) is 6.66 Å². The van der Waals surface area contributed by atoms with Gasteiger partial charge in [-0.2, -0.15) is 0 Å². The van der Waals surface area contributed by atoms with Crippen LogP contribution in [0.4, 0.5) is 0 Å². The molecule has 1 rings (SSSR count). The first-order chi connectivity index (χ1) is 9.86. The third kappa shape index (κ3) is 8.28. The molecule has 8 nitrogen and oxygen atoms in total. The van der Waals surface area contributed by atoms with Crippen molar-refractivity contribution < 1.29 is 24.7 Å². The van der Waals surface area contributed by atoms with Crippen LogP contribution in [-0.4, -0.2) is 107 Å². The zero-order chi connectivity index (χ0) is 15.8. The van der Waals surface area contributed by atoms with Crippen LogP contribution in [0.5, 0.6) is 0 Å². The zero-order valence-electron chi connectivity index (χ0n) is 12.3. The van der Waals surface area contributed by atoms with Gasteiger partial charge in [-0.25, -0.2) is 0 Å². The first-order valence-corrected chi connectivity index (χ1v) is 8.80. The van der Waals surface area contributed by atoms with Crippen LogP contribution in [0.1, 0.15) is 0 Å². The molecule has 122 valence electrons. The number of hydrogen-bond acceptors (Lipinski definition) is 6. The molecule has 1 heterocycles. The summed E-state index contributed by atoms with van der Waals surface area (Å²) in [4.78, 5) is 37.0. The summed E-state index contributed by atoms with van der Waals surface area (Å²) in [5.74, 6) is -1.77. The van der Waals surface area contributed by atoms with Gasteiger partial charge in [0.15, 0.2) is 0 Å². The van der Waals surface area contributed by atoms with Crippen molar-refractivity contribution in [1.82, 2.24) is 14.7 Å². The van der Waals surface area contributed by atoms with E-state index in [0.29, 0.717) is 45.6 Å². The highest BCUT2D eigenvalue weighted by Crippen LogP contribution is 2.24. The Morgan fingerprint density at radius 3 is 1.48 bits per heavy atom. The van der Waals surface area contributed by atoms with Gasteiger partial charge in [-0.3, -0.25) is 24.3 Å². The molecule has 0 aromatic rings. The Bertz CT molecular complexity index is 328. The predicted molar refractivity (Wildman–Crippen MR) is 79.7 cm³/mol. The summed E-state index contributed by atoms with van der Waals surface area (Å²) >= 11 is 0. The third-order valence-corrected chi connectivity index (χ3v) is 4.13. The monoisotopic (exact) mass is 321 g/mol. The molecule has 0 bridgehead atoms. The van der Waals surface area contributed by atoms with Gasteiger partial charge in [-0.15, -0.1) is 0 Å². The quantitative estimate of drug-likeness (QED) is 0.538. The Kier molecular flexibility index (Phi) is 8.06. The summed E-state index contributed by atoms with van der Waals surface area (Å²) < 4.78 is 0. The molecule has 1 unspecified atom stereocenters. The standard InChI is InChI=1S/C12H24N3O5P/c1-21(20)10-15-6-4-13(8-11(16)17)2-3-14(5-7-15)9-12(18)19/h20H,2-10H2,1H3,(H,16,17)(H,18,19). The summed E-state index contributed by atoms with van der Waals surface area (Å²) in [6.07, 6.45) is 0.567. The number of carbonyl (C=O) groups is 2. The molecule has 0 aliphatic carbocycles. The molecular weight excluding hydrogens is 297 g/mol. The lowest BCUT2D eigenvalue weighted by Crippen LogP contribution is -2.40. The van der Waals surface area contributed by atoms with Crippen molar-refractivity contribution in [2.75, 3.05) is 65.3 Å². The van der Waals surface area contributed by atoms with E-state index < -0.39 is 20.1 Å². The van der Waals surface area contributed by atoms with Gasteiger partial charge < -0.3 is 15.1 Å². The summed E-state index contributed by atoms with van der Waals surface area (Å²) in [5.41, 5.74) is 0. The van der Waals surface area contributed by atoms with Gasteiger partial charge in [0.1, 0.15) is 0 Å². The summed E-state index contributed by atoms with van der Waals surface area (Å²) in [7, 11) is -1.06. The van der Waals surface area contributed by atoms with E-state index >= 15 is 0 Å². The predicted octanol–water partition coefficient (Wildman–Crippen LogP) is -0.948. The van der Waals surface area contributed by atoms with E-state index in [9.17, 15) is 14.5 Å². The molecule has 0 amide bonds. The maximum absolute atomic E-state index is 10.9. The average Bonchev–Trinajstić information content (AvgIpc) is 2.42.